The predicted octanol–water partition coefficient (Wildman–Crippen LogP) is 2.91. The third-order valence-corrected chi connectivity index (χ3v) is 5.47. The molecular weight excluding hydrogens is 320 g/mol. The number of carbonyl (C=O) groups excluding carboxylic acids is 1. The standard InChI is InChI=1S/C19H32N2O4/c22-17(15-8-4-3-5-9-15)12-13-21-16(14-20-19(21)25)10-6-1-2-7-11-18(23)24/h7,11,15-17,22H,1-6,8-10,12-14H2,(H,20,25)(H,23,24). The number of allylic oxidation sites excluding steroid dienone is 1. The van der Waals surface area contributed by atoms with Crippen LogP contribution < -0.4 is 5.32 Å². The fraction of sp³-hybridized carbons (Fsp3) is 0.789. The van der Waals surface area contributed by atoms with E-state index in [9.17, 15) is 14.7 Å². The number of urea groups is 1. The molecule has 0 bridgehead atoms. The van der Waals surface area contributed by atoms with Crippen molar-refractivity contribution in [1.82, 2.24) is 10.2 Å². The summed E-state index contributed by atoms with van der Waals surface area (Å²) in [5.41, 5.74) is 0. The number of aliphatic hydroxyl groups excluding tert-OH is 1. The Bertz CT molecular complexity index is 460. The van der Waals surface area contributed by atoms with Crippen molar-refractivity contribution in [2.75, 3.05) is 13.1 Å². The highest BCUT2D eigenvalue weighted by Crippen LogP contribution is 2.28. The molecule has 1 aliphatic heterocycles. The fourth-order valence-corrected chi connectivity index (χ4v) is 3.98. The van der Waals surface area contributed by atoms with Crippen LogP contribution in [0.25, 0.3) is 0 Å². The summed E-state index contributed by atoms with van der Waals surface area (Å²) in [6.45, 7) is 1.29. The van der Waals surface area contributed by atoms with E-state index < -0.39 is 5.97 Å². The smallest absolute Gasteiger partial charge is 0.327 e. The van der Waals surface area contributed by atoms with Gasteiger partial charge in [0.2, 0.25) is 0 Å². The van der Waals surface area contributed by atoms with E-state index in [1.165, 1.54) is 25.3 Å². The molecule has 1 aliphatic carbocycles. The van der Waals surface area contributed by atoms with Gasteiger partial charge >= 0.3 is 12.0 Å². The lowest BCUT2D eigenvalue weighted by Gasteiger charge is -2.29. The van der Waals surface area contributed by atoms with Gasteiger partial charge in [-0.3, -0.25) is 0 Å². The van der Waals surface area contributed by atoms with Crippen LogP contribution in [0, 0.1) is 5.92 Å². The van der Waals surface area contributed by atoms with E-state index in [1.54, 1.807) is 6.08 Å². The zero-order valence-electron chi connectivity index (χ0n) is 15.0. The van der Waals surface area contributed by atoms with Crippen LogP contribution in [0.3, 0.4) is 0 Å². The third kappa shape index (κ3) is 6.69. The van der Waals surface area contributed by atoms with Crippen LogP contribution in [0.4, 0.5) is 4.79 Å². The van der Waals surface area contributed by atoms with Gasteiger partial charge in [0.05, 0.1) is 12.1 Å². The summed E-state index contributed by atoms with van der Waals surface area (Å²) in [4.78, 5) is 24.3. The second-order valence-electron chi connectivity index (χ2n) is 7.31. The molecule has 142 valence electrons. The monoisotopic (exact) mass is 352 g/mol. The minimum absolute atomic E-state index is 0.0217. The number of hydrogen-bond acceptors (Lipinski definition) is 3. The van der Waals surface area contributed by atoms with Crippen molar-refractivity contribution < 1.29 is 19.8 Å². The van der Waals surface area contributed by atoms with E-state index in [0.717, 1.165) is 38.5 Å². The molecule has 2 fully saturated rings. The second kappa shape index (κ2) is 10.4. The van der Waals surface area contributed by atoms with Crippen molar-refractivity contribution in [1.29, 1.82) is 0 Å². The molecule has 1 saturated carbocycles. The minimum Gasteiger partial charge on any atom is -0.478 e. The van der Waals surface area contributed by atoms with Gasteiger partial charge in [-0.15, -0.1) is 0 Å². The third-order valence-electron chi connectivity index (χ3n) is 5.47. The van der Waals surface area contributed by atoms with Crippen molar-refractivity contribution in [2.45, 2.75) is 76.4 Å². The maximum Gasteiger partial charge on any atom is 0.327 e. The van der Waals surface area contributed by atoms with Gasteiger partial charge in [0, 0.05) is 19.2 Å². The van der Waals surface area contributed by atoms with Gasteiger partial charge < -0.3 is 20.4 Å². The Labute approximate surface area is 150 Å². The van der Waals surface area contributed by atoms with Gasteiger partial charge in [0.25, 0.3) is 0 Å². The first-order chi connectivity index (χ1) is 12.1. The molecule has 0 aromatic rings. The average molecular weight is 352 g/mol. The van der Waals surface area contributed by atoms with Crippen LogP contribution in [0.2, 0.25) is 0 Å². The highest BCUT2D eigenvalue weighted by atomic mass is 16.4. The largest absolute Gasteiger partial charge is 0.478 e. The van der Waals surface area contributed by atoms with Crippen LogP contribution in [-0.2, 0) is 4.79 Å². The lowest BCUT2D eigenvalue weighted by atomic mass is 9.84. The summed E-state index contributed by atoms with van der Waals surface area (Å²) in [7, 11) is 0. The number of nitrogens with one attached hydrogen (secondary N) is 1. The number of carbonyl (C=O) groups is 2. The van der Waals surface area contributed by atoms with Crippen LogP contribution in [-0.4, -0.2) is 52.3 Å². The molecule has 0 spiro atoms. The van der Waals surface area contributed by atoms with Gasteiger partial charge in [0.15, 0.2) is 0 Å². The highest BCUT2D eigenvalue weighted by Gasteiger charge is 2.31. The summed E-state index contributed by atoms with van der Waals surface area (Å²) >= 11 is 0. The van der Waals surface area contributed by atoms with E-state index in [-0.39, 0.29) is 18.2 Å². The SMILES string of the molecule is O=C(O)C=CCCCCC1CNC(=O)N1CCC(O)C1CCCCC1. The normalized spacial score (nSPS) is 23.2. The van der Waals surface area contributed by atoms with Gasteiger partial charge in [-0.25, -0.2) is 9.59 Å². The molecule has 6 heteroatoms. The summed E-state index contributed by atoms with van der Waals surface area (Å²) in [6.07, 6.45) is 12.7. The van der Waals surface area contributed by atoms with Crippen LogP contribution in [0.15, 0.2) is 12.2 Å². The zero-order chi connectivity index (χ0) is 18.1. The molecule has 2 aliphatic rings. The van der Waals surface area contributed by atoms with Crippen LogP contribution in [0.1, 0.15) is 64.2 Å². The average Bonchev–Trinajstić information content (AvgIpc) is 2.96. The summed E-state index contributed by atoms with van der Waals surface area (Å²) in [5, 5.41) is 21.9. The molecule has 0 aromatic heterocycles. The molecular formula is C19H32N2O4. The molecule has 3 N–H and O–H groups in total. The van der Waals surface area contributed by atoms with Crippen molar-refractivity contribution >= 4 is 12.0 Å². The van der Waals surface area contributed by atoms with Gasteiger partial charge in [-0.05, 0) is 44.4 Å². The van der Waals surface area contributed by atoms with Crippen molar-refractivity contribution in [3.63, 3.8) is 0 Å². The Morgan fingerprint density at radius 3 is 2.76 bits per heavy atom. The molecule has 6 nitrogen and oxygen atoms in total. The van der Waals surface area contributed by atoms with Gasteiger partial charge in [-0.2, -0.15) is 0 Å². The Kier molecular flexibility index (Phi) is 8.25. The quantitative estimate of drug-likeness (QED) is 0.416. The van der Waals surface area contributed by atoms with E-state index in [4.69, 9.17) is 5.11 Å². The molecule has 2 rings (SSSR count). The second-order valence-corrected chi connectivity index (χ2v) is 7.31. The Morgan fingerprint density at radius 2 is 2.04 bits per heavy atom. The lowest BCUT2D eigenvalue weighted by Crippen LogP contribution is -2.37. The maximum atomic E-state index is 12.0. The Hall–Kier alpha value is -1.56. The molecule has 25 heavy (non-hydrogen) atoms. The number of hydrogen-bond donors (Lipinski definition) is 3. The number of carboxylic acid groups (broad SMARTS) is 1. The molecule has 2 unspecified atom stereocenters. The number of aliphatic hydroxyl groups is 1. The molecule has 1 saturated heterocycles. The first kappa shape index (κ1) is 19.8. The number of carboxylic acids is 1. The molecule has 0 radical (unpaired) electrons. The molecule has 2 atom stereocenters. The Morgan fingerprint density at radius 1 is 1.28 bits per heavy atom. The number of aliphatic carboxylic acids is 1. The van der Waals surface area contributed by atoms with E-state index >= 15 is 0 Å². The van der Waals surface area contributed by atoms with E-state index in [2.05, 4.69) is 5.32 Å². The van der Waals surface area contributed by atoms with E-state index in [1.807, 2.05) is 4.90 Å². The summed E-state index contributed by atoms with van der Waals surface area (Å²) in [6, 6.07) is 0.168. The maximum absolute atomic E-state index is 12.0. The van der Waals surface area contributed by atoms with Crippen molar-refractivity contribution in [3.8, 4) is 0 Å². The zero-order valence-corrected chi connectivity index (χ0v) is 15.0. The molecule has 2 amide bonds. The number of amides is 2. The van der Waals surface area contributed by atoms with Crippen molar-refractivity contribution in [2.24, 2.45) is 5.92 Å². The summed E-state index contributed by atoms with van der Waals surface area (Å²) in [5.74, 6) is -0.507. The number of rotatable bonds is 10. The first-order valence-corrected chi connectivity index (χ1v) is 9.70. The highest BCUT2D eigenvalue weighted by molar-refractivity contribution is 5.79. The van der Waals surface area contributed by atoms with E-state index in [0.29, 0.717) is 25.4 Å². The first-order valence-electron chi connectivity index (χ1n) is 9.70. The van der Waals surface area contributed by atoms with Crippen LogP contribution >= 0.6 is 0 Å². The fourth-order valence-electron chi connectivity index (χ4n) is 3.98. The molecule has 0 aromatic carbocycles. The lowest BCUT2D eigenvalue weighted by molar-refractivity contribution is -0.131. The minimum atomic E-state index is -0.909. The Balaban J connectivity index is 1.68. The number of nitrogens with zero attached hydrogens (tertiary/aromatic N) is 1. The van der Waals surface area contributed by atoms with Crippen molar-refractivity contribution in [3.05, 3.63) is 12.2 Å². The molecule has 1 heterocycles. The summed E-state index contributed by atoms with van der Waals surface area (Å²) < 4.78 is 0. The number of unbranched alkanes of at least 4 members (excludes halogenated alkanes) is 2. The topological polar surface area (TPSA) is 89.9 Å². The predicted molar refractivity (Wildman–Crippen MR) is 96.3 cm³/mol. The van der Waals surface area contributed by atoms with Crippen LogP contribution in [0.5, 0.6) is 0 Å². The van der Waals surface area contributed by atoms with Gasteiger partial charge in [-0.1, -0.05) is 31.8 Å². The van der Waals surface area contributed by atoms with Gasteiger partial charge in [0.1, 0.15) is 0 Å².